The standard InChI is InChI=1S/C11H14BrN3O2/c1-14-9(16)5-6-15-11(17)7-3-2-4-8(13)10(7)12/h2-4H,5-6,13H2,1H3,(H,14,16)(H,15,17). The molecule has 2 amide bonds. The fraction of sp³-hybridized carbons (Fsp3) is 0.273. The molecule has 0 fully saturated rings. The third kappa shape index (κ3) is 3.74. The van der Waals surface area contributed by atoms with E-state index in [-0.39, 0.29) is 18.2 Å². The first-order valence-corrected chi connectivity index (χ1v) is 5.88. The molecule has 0 bridgehead atoms. The lowest BCUT2D eigenvalue weighted by Gasteiger charge is -2.07. The Morgan fingerprint density at radius 2 is 2.12 bits per heavy atom. The van der Waals surface area contributed by atoms with Crippen molar-refractivity contribution in [2.24, 2.45) is 0 Å². The van der Waals surface area contributed by atoms with Gasteiger partial charge >= 0.3 is 0 Å². The predicted molar refractivity (Wildman–Crippen MR) is 69.6 cm³/mol. The molecule has 0 aromatic heterocycles. The van der Waals surface area contributed by atoms with Crippen molar-refractivity contribution in [3.8, 4) is 0 Å². The summed E-state index contributed by atoms with van der Waals surface area (Å²) in [6.07, 6.45) is 0.252. The number of amides is 2. The van der Waals surface area contributed by atoms with Gasteiger partial charge in [-0.25, -0.2) is 0 Å². The van der Waals surface area contributed by atoms with Gasteiger partial charge in [0, 0.05) is 25.7 Å². The van der Waals surface area contributed by atoms with Gasteiger partial charge in [-0.1, -0.05) is 6.07 Å². The highest BCUT2D eigenvalue weighted by Crippen LogP contribution is 2.23. The summed E-state index contributed by atoms with van der Waals surface area (Å²) in [5, 5.41) is 5.13. The Labute approximate surface area is 108 Å². The van der Waals surface area contributed by atoms with Gasteiger partial charge in [-0.05, 0) is 28.1 Å². The summed E-state index contributed by atoms with van der Waals surface area (Å²) >= 11 is 3.25. The summed E-state index contributed by atoms with van der Waals surface area (Å²) < 4.78 is 0.567. The fourth-order valence-corrected chi connectivity index (χ4v) is 1.68. The van der Waals surface area contributed by atoms with Crippen LogP contribution in [0.3, 0.4) is 0 Å². The minimum absolute atomic E-state index is 0.114. The molecule has 0 heterocycles. The third-order valence-corrected chi connectivity index (χ3v) is 3.07. The number of hydrogen-bond acceptors (Lipinski definition) is 3. The van der Waals surface area contributed by atoms with E-state index in [2.05, 4.69) is 26.6 Å². The van der Waals surface area contributed by atoms with Crippen molar-refractivity contribution in [2.75, 3.05) is 19.3 Å². The van der Waals surface area contributed by atoms with Crippen LogP contribution in [0.4, 0.5) is 5.69 Å². The molecule has 0 radical (unpaired) electrons. The molecule has 6 heteroatoms. The minimum atomic E-state index is -0.256. The molecule has 1 aromatic rings. The van der Waals surface area contributed by atoms with E-state index < -0.39 is 0 Å². The maximum absolute atomic E-state index is 11.8. The lowest BCUT2D eigenvalue weighted by molar-refractivity contribution is -0.120. The zero-order chi connectivity index (χ0) is 12.8. The second-order valence-electron chi connectivity index (χ2n) is 3.39. The molecule has 0 unspecified atom stereocenters. The molecule has 4 N–H and O–H groups in total. The first-order chi connectivity index (χ1) is 8.06. The van der Waals surface area contributed by atoms with E-state index in [1.165, 1.54) is 0 Å². The molecule has 5 nitrogen and oxygen atoms in total. The van der Waals surface area contributed by atoms with Crippen molar-refractivity contribution < 1.29 is 9.59 Å². The van der Waals surface area contributed by atoms with Crippen molar-refractivity contribution in [1.82, 2.24) is 10.6 Å². The van der Waals surface area contributed by atoms with E-state index in [0.717, 1.165) is 0 Å². The topological polar surface area (TPSA) is 84.2 Å². The van der Waals surface area contributed by atoms with Crippen LogP contribution in [0.15, 0.2) is 22.7 Å². The van der Waals surface area contributed by atoms with E-state index in [0.29, 0.717) is 22.3 Å². The number of nitrogens with two attached hydrogens (primary N) is 1. The molecule has 1 aromatic carbocycles. The maximum atomic E-state index is 11.8. The Hall–Kier alpha value is -1.56. The van der Waals surface area contributed by atoms with Crippen LogP contribution in [-0.4, -0.2) is 25.4 Å². The summed E-state index contributed by atoms with van der Waals surface area (Å²) in [5.74, 6) is -0.370. The zero-order valence-corrected chi connectivity index (χ0v) is 11.0. The van der Waals surface area contributed by atoms with Gasteiger partial charge in [0.15, 0.2) is 0 Å². The maximum Gasteiger partial charge on any atom is 0.252 e. The molecule has 0 atom stereocenters. The number of hydrogen-bond donors (Lipinski definition) is 3. The van der Waals surface area contributed by atoms with Gasteiger partial charge < -0.3 is 16.4 Å². The number of halogens is 1. The number of nitrogen functional groups attached to an aromatic ring is 1. The van der Waals surface area contributed by atoms with E-state index in [1.54, 1.807) is 25.2 Å². The molecule has 0 aliphatic rings. The van der Waals surface area contributed by atoms with Crippen LogP contribution in [0.25, 0.3) is 0 Å². The normalized spacial score (nSPS) is 9.76. The van der Waals surface area contributed by atoms with Gasteiger partial charge in [-0.2, -0.15) is 0 Å². The van der Waals surface area contributed by atoms with Gasteiger partial charge in [0.25, 0.3) is 5.91 Å². The molecular formula is C11H14BrN3O2. The zero-order valence-electron chi connectivity index (χ0n) is 9.42. The molecule has 92 valence electrons. The van der Waals surface area contributed by atoms with Crippen LogP contribution in [0.2, 0.25) is 0 Å². The lowest BCUT2D eigenvalue weighted by Crippen LogP contribution is -2.29. The number of nitrogens with one attached hydrogen (secondary N) is 2. The van der Waals surface area contributed by atoms with Crippen molar-refractivity contribution in [3.63, 3.8) is 0 Å². The van der Waals surface area contributed by atoms with Gasteiger partial charge in [-0.3, -0.25) is 9.59 Å². The molecular weight excluding hydrogens is 286 g/mol. The van der Waals surface area contributed by atoms with Crippen LogP contribution < -0.4 is 16.4 Å². The predicted octanol–water partition coefficient (Wildman–Crippen LogP) is 0.897. The Bertz CT molecular complexity index is 435. The Balaban J connectivity index is 2.59. The highest BCUT2D eigenvalue weighted by molar-refractivity contribution is 9.10. The number of carbonyl (C=O) groups is 2. The molecule has 1 rings (SSSR count). The Morgan fingerprint density at radius 1 is 1.41 bits per heavy atom. The SMILES string of the molecule is CNC(=O)CCNC(=O)c1cccc(N)c1Br. The van der Waals surface area contributed by atoms with Crippen LogP contribution in [0.5, 0.6) is 0 Å². The third-order valence-electron chi connectivity index (χ3n) is 2.19. The van der Waals surface area contributed by atoms with Gasteiger partial charge in [0.1, 0.15) is 0 Å². The smallest absolute Gasteiger partial charge is 0.252 e. The average molecular weight is 300 g/mol. The van der Waals surface area contributed by atoms with E-state index in [1.807, 2.05) is 0 Å². The highest BCUT2D eigenvalue weighted by atomic mass is 79.9. The number of benzene rings is 1. The Kier molecular flexibility index (Phi) is 4.96. The Morgan fingerprint density at radius 3 is 2.76 bits per heavy atom. The van der Waals surface area contributed by atoms with E-state index >= 15 is 0 Å². The second-order valence-corrected chi connectivity index (χ2v) is 4.18. The van der Waals surface area contributed by atoms with Gasteiger partial charge in [-0.15, -0.1) is 0 Å². The minimum Gasteiger partial charge on any atom is -0.398 e. The second kappa shape index (κ2) is 6.24. The van der Waals surface area contributed by atoms with Crippen LogP contribution in [-0.2, 0) is 4.79 Å². The monoisotopic (exact) mass is 299 g/mol. The van der Waals surface area contributed by atoms with Crippen LogP contribution in [0, 0.1) is 0 Å². The summed E-state index contributed by atoms with van der Waals surface area (Å²) in [5.41, 5.74) is 6.63. The number of rotatable bonds is 4. The summed E-state index contributed by atoms with van der Waals surface area (Å²) in [7, 11) is 1.55. The highest BCUT2D eigenvalue weighted by Gasteiger charge is 2.11. The largest absolute Gasteiger partial charge is 0.398 e. The summed E-state index contributed by atoms with van der Waals surface area (Å²) in [6, 6.07) is 5.06. The van der Waals surface area contributed by atoms with Crippen molar-refractivity contribution in [3.05, 3.63) is 28.2 Å². The molecule has 0 aliphatic carbocycles. The summed E-state index contributed by atoms with van der Waals surface area (Å²) in [6.45, 7) is 0.291. The van der Waals surface area contributed by atoms with Crippen molar-refractivity contribution >= 4 is 33.4 Å². The van der Waals surface area contributed by atoms with Gasteiger partial charge in [0.05, 0.1) is 10.0 Å². The molecule has 0 saturated carbocycles. The number of anilines is 1. The van der Waals surface area contributed by atoms with E-state index in [4.69, 9.17) is 5.73 Å². The molecule has 0 spiro atoms. The van der Waals surface area contributed by atoms with Crippen molar-refractivity contribution in [2.45, 2.75) is 6.42 Å². The average Bonchev–Trinajstić information content (AvgIpc) is 2.32. The molecule has 0 aliphatic heterocycles. The molecule has 17 heavy (non-hydrogen) atoms. The van der Waals surface area contributed by atoms with Crippen LogP contribution >= 0.6 is 15.9 Å². The first-order valence-electron chi connectivity index (χ1n) is 5.09. The quantitative estimate of drug-likeness (QED) is 0.722. The summed E-state index contributed by atoms with van der Waals surface area (Å²) in [4.78, 5) is 22.7. The number of carbonyl (C=O) groups excluding carboxylic acids is 2. The van der Waals surface area contributed by atoms with Crippen molar-refractivity contribution in [1.29, 1.82) is 0 Å². The molecule has 0 saturated heterocycles. The lowest BCUT2D eigenvalue weighted by atomic mass is 10.2. The van der Waals surface area contributed by atoms with E-state index in [9.17, 15) is 9.59 Å². The van der Waals surface area contributed by atoms with Gasteiger partial charge in [0.2, 0.25) is 5.91 Å². The van der Waals surface area contributed by atoms with Crippen LogP contribution in [0.1, 0.15) is 16.8 Å². The first kappa shape index (κ1) is 13.5. The fourth-order valence-electron chi connectivity index (χ4n) is 1.23.